The molecule has 0 saturated carbocycles. The van der Waals surface area contributed by atoms with E-state index in [2.05, 4.69) is 232 Å². The number of thiophene rings is 1. The number of nitrogens with zero attached hydrogens (tertiary/aromatic N) is 2. The van der Waals surface area contributed by atoms with E-state index >= 15 is 0 Å². The van der Waals surface area contributed by atoms with Crippen molar-refractivity contribution in [2.45, 2.75) is 46.0 Å². The second-order valence-corrected chi connectivity index (χ2v) is 20.6. The predicted octanol–water partition coefficient (Wildman–Crippen LogP) is 15.0. The zero-order chi connectivity index (χ0) is 44.9. The minimum Gasteiger partial charge on any atom is -0.311 e. The van der Waals surface area contributed by atoms with E-state index in [1.165, 1.54) is 132 Å². The number of hydrogen-bond acceptors (Lipinski definition) is 3. The smallest absolute Gasteiger partial charge is 0.264 e. The molecule has 4 heteroatoms. The van der Waals surface area contributed by atoms with Crippen molar-refractivity contribution in [1.29, 1.82) is 0 Å². The third-order valence-corrected chi connectivity index (χ3v) is 16.8. The highest BCUT2D eigenvalue weighted by molar-refractivity contribution is 7.33. The molecule has 0 fully saturated rings. The SMILES string of the molecule is Cc1ccc(N2c3cccc4c3B(c3ccc(-c5c(C)cccc5C)cc3N4c3ccccc3)c3sc4cc5c(cc4c32)-c2ccc(C(C)C)cc2C52c3ccccc3-c3ccccc32)cc1. The Balaban J connectivity index is 1.09. The van der Waals surface area contributed by atoms with E-state index in [-0.39, 0.29) is 6.71 Å². The molecule has 3 heterocycles. The van der Waals surface area contributed by atoms with E-state index in [0.717, 1.165) is 5.69 Å². The van der Waals surface area contributed by atoms with Gasteiger partial charge in [-0.15, -0.1) is 11.3 Å². The first kappa shape index (κ1) is 38.8. The standard InChI is InChI=1S/C63H47BN2S/c1-37(2)41-27-31-47-48-35-49-58(36-53(48)63(52(47)33-41)50-21-11-9-19-45(50)46-20-10-12-22-51(46)63)67-62-61(49)66(44-29-25-38(3)26-30-44)56-24-14-23-55-60(56)64(62)54-32-28-42(59-39(4)15-13-16-40(59)5)34-57(54)65(55)43-17-7-6-8-18-43/h6-37H,1-5H3. The molecule has 67 heavy (non-hydrogen) atoms. The number of anilines is 6. The van der Waals surface area contributed by atoms with Crippen LogP contribution in [0.3, 0.4) is 0 Å². The van der Waals surface area contributed by atoms with Gasteiger partial charge < -0.3 is 9.80 Å². The van der Waals surface area contributed by atoms with Crippen LogP contribution in [-0.4, -0.2) is 6.71 Å². The third kappa shape index (κ3) is 5.17. The highest BCUT2D eigenvalue weighted by Gasteiger charge is 2.53. The molecule has 2 aliphatic heterocycles. The lowest BCUT2D eigenvalue weighted by Crippen LogP contribution is -2.60. The van der Waals surface area contributed by atoms with Crippen molar-refractivity contribution in [3.8, 4) is 33.4 Å². The molecule has 1 aromatic heterocycles. The van der Waals surface area contributed by atoms with Gasteiger partial charge in [-0.25, -0.2) is 0 Å². The lowest BCUT2D eigenvalue weighted by atomic mass is 9.36. The average molecular weight is 875 g/mol. The van der Waals surface area contributed by atoms with E-state index < -0.39 is 5.41 Å². The number of hydrogen-bond donors (Lipinski definition) is 0. The van der Waals surface area contributed by atoms with Gasteiger partial charge >= 0.3 is 0 Å². The molecule has 0 unspecified atom stereocenters. The third-order valence-electron chi connectivity index (χ3n) is 15.6. The van der Waals surface area contributed by atoms with Gasteiger partial charge in [0.1, 0.15) is 0 Å². The minimum absolute atomic E-state index is 0.0277. The molecule has 0 radical (unpaired) electrons. The van der Waals surface area contributed by atoms with Crippen LogP contribution in [0, 0.1) is 20.8 Å². The summed E-state index contributed by atoms with van der Waals surface area (Å²) in [5.74, 6) is 0.412. The maximum absolute atomic E-state index is 2.62. The Morgan fingerprint density at radius 2 is 1.12 bits per heavy atom. The van der Waals surface area contributed by atoms with Crippen molar-refractivity contribution in [3.05, 3.63) is 233 Å². The first-order valence-corrected chi connectivity index (χ1v) is 24.6. The van der Waals surface area contributed by atoms with Gasteiger partial charge in [-0.05, 0) is 165 Å². The van der Waals surface area contributed by atoms with Crippen LogP contribution < -0.4 is 25.5 Å². The Kier molecular flexibility index (Phi) is 8.15. The topological polar surface area (TPSA) is 6.48 Å². The summed E-state index contributed by atoms with van der Waals surface area (Å²) in [7, 11) is 0. The second kappa shape index (κ2) is 14.1. The van der Waals surface area contributed by atoms with E-state index in [1.807, 2.05) is 11.3 Å². The zero-order valence-corrected chi connectivity index (χ0v) is 39.2. The van der Waals surface area contributed by atoms with Gasteiger partial charge in [0, 0.05) is 43.3 Å². The number of fused-ring (bicyclic) bond motifs is 16. The molecule has 14 rings (SSSR count). The molecule has 4 aliphatic rings. The highest BCUT2D eigenvalue weighted by Crippen LogP contribution is 2.64. The van der Waals surface area contributed by atoms with Gasteiger partial charge in [0.15, 0.2) is 0 Å². The van der Waals surface area contributed by atoms with E-state index in [0.29, 0.717) is 5.92 Å². The number of aryl methyl sites for hydroxylation is 3. The molecule has 1 spiro atoms. The minimum atomic E-state index is -0.425. The molecule has 0 bridgehead atoms. The summed E-state index contributed by atoms with van der Waals surface area (Å²) in [5.41, 5.74) is 28.3. The Morgan fingerprint density at radius 1 is 0.493 bits per heavy atom. The van der Waals surface area contributed by atoms with Crippen LogP contribution in [0.4, 0.5) is 34.1 Å². The van der Waals surface area contributed by atoms with Crippen LogP contribution in [0.5, 0.6) is 0 Å². The Bertz CT molecular complexity index is 3660. The van der Waals surface area contributed by atoms with Crippen molar-refractivity contribution in [3.63, 3.8) is 0 Å². The van der Waals surface area contributed by atoms with Crippen LogP contribution in [0.2, 0.25) is 0 Å². The molecule has 318 valence electrons. The zero-order valence-electron chi connectivity index (χ0n) is 38.4. The maximum Gasteiger partial charge on any atom is 0.264 e. The van der Waals surface area contributed by atoms with E-state index in [4.69, 9.17) is 0 Å². The van der Waals surface area contributed by atoms with Crippen LogP contribution >= 0.6 is 11.3 Å². The maximum atomic E-state index is 2.62. The Labute approximate surface area is 397 Å². The quantitative estimate of drug-likeness (QED) is 0.163. The number of para-hydroxylation sites is 1. The fraction of sp³-hybridized carbons (Fsp3) is 0.111. The van der Waals surface area contributed by atoms with Crippen molar-refractivity contribution in [2.75, 3.05) is 9.80 Å². The van der Waals surface area contributed by atoms with Gasteiger partial charge in [0.05, 0.1) is 11.1 Å². The Hall–Kier alpha value is -7.40. The molecule has 0 amide bonds. The first-order chi connectivity index (χ1) is 32.8. The van der Waals surface area contributed by atoms with Crippen LogP contribution in [0.15, 0.2) is 188 Å². The molecule has 0 atom stereocenters. The summed E-state index contributed by atoms with van der Waals surface area (Å²) >= 11 is 2.00. The van der Waals surface area contributed by atoms with Gasteiger partial charge in [-0.1, -0.05) is 153 Å². The fourth-order valence-corrected chi connectivity index (χ4v) is 14.0. The molecular formula is C63H47BN2S. The van der Waals surface area contributed by atoms with Gasteiger partial charge in [-0.3, -0.25) is 0 Å². The predicted molar refractivity (Wildman–Crippen MR) is 286 cm³/mol. The normalized spacial score (nSPS) is 14.2. The van der Waals surface area contributed by atoms with E-state index in [9.17, 15) is 0 Å². The monoisotopic (exact) mass is 874 g/mol. The summed E-state index contributed by atoms with van der Waals surface area (Å²) in [5, 5.41) is 1.31. The summed E-state index contributed by atoms with van der Waals surface area (Å²) in [6, 6.07) is 72.1. The number of rotatable bonds is 4. The molecule has 2 nitrogen and oxygen atoms in total. The van der Waals surface area contributed by atoms with Crippen molar-refractivity contribution < 1.29 is 0 Å². The average Bonchev–Trinajstić information content (AvgIpc) is 3.97. The van der Waals surface area contributed by atoms with Crippen molar-refractivity contribution in [1.82, 2.24) is 0 Å². The molecule has 0 saturated heterocycles. The van der Waals surface area contributed by atoms with Crippen molar-refractivity contribution >= 4 is 78.0 Å². The Morgan fingerprint density at radius 3 is 1.84 bits per heavy atom. The molecule has 9 aromatic carbocycles. The molecular weight excluding hydrogens is 828 g/mol. The molecule has 10 aromatic rings. The van der Waals surface area contributed by atoms with Crippen LogP contribution in [-0.2, 0) is 5.41 Å². The summed E-state index contributed by atoms with van der Waals surface area (Å²) in [4.78, 5) is 5.13. The first-order valence-electron chi connectivity index (χ1n) is 23.8. The van der Waals surface area contributed by atoms with Crippen LogP contribution in [0.25, 0.3) is 43.5 Å². The fourth-order valence-electron chi connectivity index (χ4n) is 12.7. The molecule has 2 aliphatic carbocycles. The highest BCUT2D eigenvalue weighted by atomic mass is 32.1. The largest absolute Gasteiger partial charge is 0.311 e. The van der Waals surface area contributed by atoms with Gasteiger partial charge in [-0.2, -0.15) is 0 Å². The van der Waals surface area contributed by atoms with Crippen LogP contribution in [0.1, 0.15) is 64.3 Å². The lowest BCUT2D eigenvalue weighted by Gasteiger charge is -2.43. The summed E-state index contributed by atoms with van der Waals surface area (Å²) in [6.45, 7) is 11.4. The molecule has 0 N–H and O–H groups in total. The second-order valence-electron chi connectivity index (χ2n) is 19.5. The lowest BCUT2D eigenvalue weighted by molar-refractivity contribution is 0.785. The van der Waals surface area contributed by atoms with Crippen molar-refractivity contribution in [2.24, 2.45) is 0 Å². The summed E-state index contributed by atoms with van der Waals surface area (Å²) in [6.07, 6.45) is 0. The summed E-state index contributed by atoms with van der Waals surface area (Å²) < 4.78 is 2.72. The van der Waals surface area contributed by atoms with E-state index in [1.54, 1.807) is 0 Å². The van der Waals surface area contributed by atoms with Gasteiger partial charge in [0.25, 0.3) is 6.71 Å². The number of benzene rings is 9. The van der Waals surface area contributed by atoms with Gasteiger partial charge in [0.2, 0.25) is 0 Å².